The number of amides is 1. The van der Waals surface area contributed by atoms with E-state index in [4.69, 9.17) is 5.26 Å². The average Bonchev–Trinajstić information content (AvgIpc) is 2.86. The van der Waals surface area contributed by atoms with E-state index in [1.54, 1.807) is 48.5 Å². The summed E-state index contributed by atoms with van der Waals surface area (Å²) >= 11 is 0. The van der Waals surface area contributed by atoms with Gasteiger partial charge in [0.25, 0.3) is 11.5 Å². The molecule has 0 radical (unpaired) electrons. The van der Waals surface area contributed by atoms with Crippen LogP contribution in [-0.2, 0) is 0 Å². The van der Waals surface area contributed by atoms with Gasteiger partial charge in [-0.2, -0.15) is 18.4 Å². The molecule has 1 amide bonds. The monoisotopic (exact) mass is 507 g/mol. The molecule has 190 valence electrons. The van der Waals surface area contributed by atoms with Crippen LogP contribution in [0.1, 0.15) is 30.6 Å². The molecule has 10 heteroatoms. The summed E-state index contributed by atoms with van der Waals surface area (Å²) in [4.78, 5) is 31.9. The number of anilines is 1. The number of rotatable bonds is 7. The highest BCUT2D eigenvalue weighted by atomic mass is 19.4. The van der Waals surface area contributed by atoms with Crippen molar-refractivity contribution in [1.82, 2.24) is 15.3 Å². The summed E-state index contributed by atoms with van der Waals surface area (Å²) in [6, 6.07) is 13.6. The van der Waals surface area contributed by atoms with Gasteiger partial charge in [-0.25, -0.2) is 4.98 Å². The van der Waals surface area contributed by atoms with E-state index in [2.05, 4.69) is 20.6 Å². The second-order valence-electron chi connectivity index (χ2n) is 8.94. The maximum absolute atomic E-state index is 13.7. The molecule has 3 N–H and O–H groups in total. The minimum absolute atomic E-state index is 0.0417. The molecule has 0 saturated heterocycles. The van der Waals surface area contributed by atoms with Gasteiger partial charge < -0.3 is 15.6 Å². The van der Waals surface area contributed by atoms with Crippen LogP contribution in [0.2, 0.25) is 0 Å². The van der Waals surface area contributed by atoms with E-state index >= 15 is 0 Å². The molecule has 0 aliphatic rings. The van der Waals surface area contributed by atoms with E-state index < -0.39 is 23.7 Å². The van der Waals surface area contributed by atoms with Gasteiger partial charge in [0, 0.05) is 29.1 Å². The maximum atomic E-state index is 13.7. The summed E-state index contributed by atoms with van der Waals surface area (Å²) < 4.78 is 41.1. The Kier molecular flexibility index (Phi) is 7.16. The molecule has 0 aliphatic carbocycles. The van der Waals surface area contributed by atoms with Crippen molar-refractivity contribution in [3.63, 3.8) is 0 Å². The highest BCUT2D eigenvalue weighted by molar-refractivity contribution is 6.11. The number of halogens is 3. The Morgan fingerprint density at radius 2 is 1.78 bits per heavy atom. The SMILES string of the molecule is CC(C)[C@@H](Nc1nc2cc[nH]c(=O)c2c2cc(-c3ccc(C(=O)NCCC#N)cc3)ccc12)C(F)(F)F. The topological polar surface area (TPSA) is 111 Å². The van der Waals surface area contributed by atoms with Crippen molar-refractivity contribution >= 4 is 33.4 Å². The van der Waals surface area contributed by atoms with Crippen LogP contribution < -0.4 is 16.2 Å². The fraction of sp³-hybridized carbons (Fsp3) is 0.259. The zero-order chi connectivity index (χ0) is 26.7. The van der Waals surface area contributed by atoms with Gasteiger partial charge in [-0.1, -0.05) is 38.1 Å². The Morgan fingerprint density at radius 3 is 2.43 bits per heavy atom. The molecule has 2 aromatic heterocycles. The number of alkyl halides is 3. The van der Waals surface area contributed by atoms with Gasteiger partial charge in [0.15, 0.2) is 0 Å². The lowest BCUT2D eigenvalue weighted by Crippen LogP contribution is -2.40. The van der Waals surface area contributed by atoms with Crippen LogP contribution in [0.15, 0.2) is 59.5 Å². The number of aromatic amines is 1. The van der Waals surface area contributed by atoms with Crippen LogP contribution in [0.25, 0.3) is 32.8 Å². The normalized spacial score (nSPS) is 12.5. The van der Waals surface area contributed by atoms with Crippen LogP contribution in [0.5, 0.6) is 0 Å². The first-order valence-electron chi connectivity index (χ1n) is 11.6. The summed E-state index contributed by atoms with van der Waals surface area (Å²) in [6.45, 7) is 3.20. The highest BCUT2D eigenvalue weighted by Gasteiger charge is 2.42. The number of aromatic nitrogens is 2. The number of benzene rings is 2. The Hall–Kier alpha value is -4.39. The van der Waals surface area contributed by atoms with Gasteiger partial charge in [-0.15, -0.1) is 0 Å². The number of hydrogen-bond acceptors (Lipinski definition) is 5. The summed E-state index contributed by atoms with van der Waals surface area (Å²) in [5.41, 5.74) is 1.75. The fourth-order valence-electron chi connectivity index (χ4n) is 4.17. The Bertz CT molecular complexity index is 1550. The predicted octanol–water partition coefficient (Wildman–Crippen LogP) is 5.39. The molecular formula is C27H24F3N5O2. The van der Waals surface area contributed by atoms with E-state index in [9.17, 15) is 22.8 Å². The number of nitriles is 1. The van der Waals surface area contributed by atoms with Gasteiger partial charge in [0.05, 0.1) is 23.4 Å². The van der Waals surface area contributed by atoms with Gasteiger partial charge in [-0.05, 0) is 41.3 Å². The lowest BCUT2D eigenvalue weighted by molar-refractivity contribution is -0.150. The molecule has 4 aromatic rings. The standard InChI is InChI=1S/C27H24F3N5O2/c1-15(2)23(27(28,29)30)35-24-19-9-8-18(14-20(19)22-21(34-24)10-13-33-26(22)37)16-4-6-17(7-5-16)25(36)32-12-3-11-31/h4-10,13-15,23H,3,12H2,1-2H3,(H,32,36)(H,33,37)(H,34,35)/t23-/m1/s1. The first kappa shape index (κ1) is 25.7. The van der Waals surface area contributed by atoms with E-state index in [1.165, 1.54) is 20.0 Å². The predicted molar refractivity (Wildman–Crippen MR) is 136 cm³/mol. The number of pyridine rings is 2. The Morgan fingerprint density at radius 1 is 1.08 bits per heavy atom. The molecule has 0 saturated carbocycles. The maximum Gasteiger partial charge on any atom is 0.408 e. The first-order chi connectivity index (χ1) is 17.6. The number of fused-ring (bicyclic) bond motifs is 3. The number of hydrogen-bond donors (Lipinski definition) is 3. The van der Waals surface area contributed by atoms with E-state index in [-0.39, 0.29) is 35.6 Å². The minimum Gasteiger partial charge on any atom is -0.358 e. The second-order valence-corrected chi connectivity index (χ2v) is 8.94. The molecule has 4 rings (SSSR count). The summed E-state index contributed by atoms with van der Waals surface area (Å²) in [7, 11) is 0. The van der Waals surface area contributed by atoms with Crippen LogP contribution >= 0.6 is 0 Å². The highest BCUT2D eigenvalue weighted by Crippen LogP contribution is 2.35. The van der Waals surface area contributed by atoms with Crippen molar-refractivity contribution in [2.24, 2.45) is 5.92 Å². The van der Waals surface area contributed by atoms with Gasteiger partial charge in [-0.3, -0.25) is 9.59 Å². The van der Waals surface area contributed by atoms with Gasteiger partial charge in [0.2, 0.25) is 0 Å². The molecule has 37 heavy (non-hydrogen) atoms. The third-order valence-corrected chi connectivity index (χ3v) is 6.03. The average molecular weight is 508 g/mol. The van der Waals surface area contributed by atoms with Crippen LogP contribution in [0, 0.1) is 17.2 Å². The summed E-state index contributed by atoms with van der Waals surface area (Å²) in [5, 5.41) is 14.9. The lowest BCUT2D eigenvalue weighted by atomic mass is 9.98. The smallest absolute Gasteiger partial charge is 0.358 e. The largest absolute Gasteiger partial charge is 0.408 e. The van der Waals surface area contributed by atoms with Crippen LogP contribution in [0.4, 0.5) is 19.0 Å². The van der Waals surface area contributed by atoms with Crippen molar-refractivity contribution in [1.29, 1.82) is 5.26 Å². The van der Waals surface area contributed by atoms with Crippen LogP contribution in [-0.4, -0.2) is 34.6 Å². The second kappa shape index (κ2) is 10.3. The molecule has 0 spiro atoms. The van der Waals surface area contributed by atoms with Crippen molar-refractivity contribution in [2.75, 3.05) is 11.9 Å². The number of H-pyrrole nitrogens is 1. The zero-order valence-corrected chi connectivity index (χ0v) is 20.1. The molecule has 2 aromatic carbocycles. The molecule has 0 bridgehead atoms. The van der Waals surface area contributed by atoms with Gasteiger partial charge >= 0.3 is 6.18 Å². The molecular weight excluding hydrogens is 483 g/mol. The molecule has 0 aliphatic heterocycles. The Balaban J connectivity index is 1.80. The number of carbonyl (C=O) groups excluding carboxylic acids is 1. The molecule has 0 unspecified atom stereocenters. The number of nitrogens with zero attached hydrogens (tertiary/aromatic N) is 2. The molecule has 1 atom stereocenters. The minimum atomic E-state index is -4.49. The summed E-state index contributed by atoms with van der Waals surface area (Å²) in [6.07, 6.45) is -2.88. The molecule has 2 heterocycles. The van der Waals surface area contributed by atoms with E-state index in [1.807, 2.05) is 6.07 Å². The zero-order valence-electron chi connectivity index (χ0n) is 20.1. The third-order valence-electron chi connectivity index (χ3n) is 6.03. The van der Waals surface area contributed by atoms with Crippen molar-refractivity contribution < 1.29 is 18.0 Å². The number of nitrogens with one attached hydrogen (secondary N) is 3. The third kappa shape index (κ3) is 5.40. The van der Waals surface area contributed by atoms with Crippen molar-refractivity contribution in [3.8, 4) is 17.2 Å². The number of carbonyl (C=O) groups is 1. The van der Waals surface area contributed by atoms with Crippen molar-refractivity contribution in [2.45, 2.75) is 32.5 Å². The Labute approximate surface area is 210 Å². The quantitative estimate of drug-likeness (QED) is 0.230. The van der Waals surface area contributed by atoms with Gasteiger partial charge in [0.1, 0.15) is 11.9 Å². The molecule has 7 nitrogen and oxygen atoms in total. The summed E-state index contributed by atoms with van der Waals surface area (Å²) in [5.74, 6) is -1.01. The first-order valence-corrected chi connectivity index (χ1v) is 11.6. The lowest BCUT2D eigenvalue weighted by Gasteiger charge is -2.26. The van der Waals surface area contributed by atoms with Crippen LogP contribution in [0.3, 0.4) is 0 Å². The van der Waals surface area contributed by atoms with Crippen molar-refractivity contribution in [3.05, 3.63) is 70.6 Å². The van der Waals surface area contributed by atoms with E-state index in [0.29, 0.717) is 21.9 Å². The van der Waals surface area contributed by atoms with E-state index in [0.717, 1.165) is 5.56 Å². The fourth-order valence-corrected chi connectivity index (χ4v) is 4.17. The molecule has 0 fully saturated rings.